The van der Waals surface area contributed by atoms with Crippen LogP contribution < -0.4 is 15.1 Å². The van der Waals surface area contributed by atoms with Crippen LogP contribution in [0.2, 0.25) is 0 Å². The molecular weight excluding hydrogens is 322 g/mol. The van der Waals surface area contributed by atoms with Gasteiger partial charge in [-0.2, -0.15) is 0 Å². The van der Waals surface area contributed by atoms with Gasteiger partial charge in [-0.3, -0.25) is 4.79 Å². The fraction of sp³-hybridized carbons (Fsp3) is 0.438. The minimum atomic E-state index is -0.248. The summed E-state index contributed by atoms with van der Waals surface area (Å²) < 4.78 is 4.90. The summed E-state index contributed by atoms with van der Waals surface area (Å²) in [6.45, 7) is 4.13. The maximum absolute atomic E-state index is 11.9. The van der Waals surface area contributed by atoms with Crippen LogP contribution in [-0.2, 0) is 4.74 Å². The molecule has 0 bridgehead atoms. The summed E-state index contributed by atoms with van der Waals surface area (Å²) in [6, 6.07) is 1.81. The maximum atomic E-state index is 11.9. The predicted octanol–water partition coefficient (Wildman–Crippen LogP) is -0.0306. The number of hydrogen-bond acceptors (Lipinski definition) is 8. The Morgan fingerprint density at radius 3 is 2.44 bits per heavy atom. The number of amides is 1. The number of methoxy groups -OCH3 is 1. The second-order valence-corrected chi connectivity index (χ2v) is 5.53. The third-order valence-corrected chi connectivity index (χ3v) is 3.90. The normalized spacial score (nSPS) is 14.4. The molecule has 1 saturated heterocycles. The zero-order valence-electron chi connectivity index (χ0n) is 14.1. The van der Waals surface area contributed by atoms with Gasteiger partial charge in [0.15, 0.2) is 0 Å². The fourth-order valence-corrected chi connectivity index (χ4v) is 2.55. The van der Waals surface area contributed by atoms with E-state index in [0.29, 0.717) is 18.8 Å². The first-order chi connectivity index (χ1) is 12.3. The Kier molecular flexibility index (Phi) is 5.68. The first kappa shape index (κ1) is 17.0. The zero-order valence-corrected chi connectivity index (χ0v) is 14.1. The number of aromatic nitrogens is 4. The summed E-state index contributed by atoms with van der Waals surface area (Å²) in [7, 11) is 1.59. The second kappa shape index (κ2) is 8.34. The Balaban J connectivity index is 1.54. The van der Waals surface area contributed by atoms with Gasteiger partial charge in [0.2, 0.25) is 5.95 Å². The van der Waals surface area contributed by atoms with Crippen molar-refractivity contribution in [2.75, 3.05) is 56.2 Å². The molecule has 0 atom stereocenters. The predicted molar refractivity (Wildman–Crippen MR) is 92.7 cm³/mol. The zero-order chi connectivity index (χ0) is 17.5. The lowest BCUT2D eigenvalue weighted by Crippen LogP contribution is -2.47. The van der Waals surface area contributed by atoms with E-state index in [1.165, 1.54) is 6.20 Å². The summed E-state index contributed by atoms with van der Waals surface area (Å²) in [6.07, 6.45) is 6.64. The van der Waals surface area contributed by atoms with E-state index in [1.807, 2.05) is 6.07 Å². The number of hydrogen-bond donors (Lipinski definition) is 1. The lowest BCUT2D eigenvalue weighted by atomic mass is 10.3. The molecule has 0 spiro atoms. The third-order valence-electron chi connectivity index (χ3n) is 3.90. The van der Waals surface area contributed by atoms with Crippen molar-refractivity contribution in [3.05, 3.63) is 36.5 Å². The highest BCUT2D eigenvalue weighted by atomic mass is 16.5. The average molecular weight is 343 g/mol. The molecule has 9 heteroatoms. The van der Waals surface area contributed by atoms with Crippen LogP contribution in [-0.4, -0.2) is 72.3 Å². The van der Waals surface area contributed by atoms with Crippen LogP contribution in [0.4, 0.5) is 11.8 Å². The van der Waals surface area contributed by atoms with Crippen LogP contribution in [0.15, 0.2) is 30.9 Å². The summed E-state index contributed by atoms with van der Waals surface area (Å²) in [5, 5.41) is 2.72. The molecule has 1 amide bonds. The van der Waals surface area contributed by atoms with E-state index in [1.54, 1.807) is 25.7 Å². The molecule has 1 aliphatic rings. The highest BCUT2D eigenvalue weighted by molar-refractivity contribution is 5.91. The van der Waals surface area contributed by atoms with Gasteiger partial charge in [0.05, 0.1) is 19.0 Å². The number of carbonyl (C=O) groups excluding carboxylic acids is 1. The SMILES string of the molecule is COCCNC(=O)c1cnc(N2CCN(c3ncccn3)CC2)cn1. The molecule has 25 heavy (non-hydrogen) atoms. The standard InChI is InChI=1S/C16H21N7O2/c1-25-10-5-17-15(24)13-11-21-14(12-20-13)22-6-8-23(9-7-22)16-18-3-2-4-19-16/h2-4,11-12H,5-10H2,1H3,(H,17,24). The molecule has 2 aromatic rings. The van der Waals surface area contributed by atoms with E-state index in [-0.39, 0.29) is 5.91 Å². The molecule has 2 aromatic heterocycles. The summed E-state index contributed by atoms with van der Waals surface area (Å²) in [5.74, 6) is 1.26. The van der Waals surface area contributed by atoms with Crippen molar-refractivity contribution in [2.24, 2.45) is 0 Å². The van der Waals surface area contributed by atoms with Crippen molar-refractivity contribution in [2.45, 2.75) is 0 Å². The Bertz CT molecular complexity index is 673. The largest absolute Gasteiger partial charge is 0.383 e. The number of nitrogens with zero attached hydrogens (tertiary/aromatic N) is 6. The Morgan fingerprint density at radius 2 is 1.80 bits per heavy atom. The second-order valence-electron chi connectivity index (χ2n) is 5.53. The molecule has 1 fully saturated rings. The van der Waals surface area contributed by atoms with E-state index >= 15 is 0 Å². The van der Waals surface area contributed by atoms with E-state index in [2.05, 4.69) is 35.1 Å². The molecule has 1 N–H and O–H groups in total. The van der Waals surface area contributed by atoms with Gasteiger partial charge in [-0.05, 0) is 6.07 Å². The van der Waals surface area contributed by atoms with Gasteiger partial charge >= 0.3 is 0 Å². The molecule has 3 rings (SSSR count). The van der Waals surface area contributed by atoms with Crippen LogP contribution in [0, 0.1) is 0 Å². The van der Waals surface area contributed by atoms with Gasteiger partial charge in [0, 0.05) is 52.2 Å². The number of nitrogens with one attached hydrogen (secondary N) is 1. The van der Waals surface area contributed by atoms with Crippen molar-refractivity contribution in [3.63, 3.8) is 0 Å². The topological polar surface area (TPSA) is 96.4 Å². The smallest absolute Gasteiger partial charge is 0.271 e. The number of piperazine rings is 1. The highest BCUT2D eigenvalue weighted by Gasteiger charge is 2.20. The van der Waals surface area contributed by atoms with Crippen molar-refractivity contribution < 1.29 is 9.53 Å². The number of carbonyl (C=O) groups is 1. The number of anilines is 2. The Hall–Kier alpha value is -2.81. The first-order valence-electron chi connectivity index (χ1n) is 8.14. The van der Waals surface area contributed by atoms with Crippen molar-refractivity contribution in [1.82, 2.24) is 25.3 Å². The molecular formula is C16H21N7O2. The molecule has 132 valence electrons. The lowest BCUT2D eigenvalue weighted by Gasteiger charge is -2.35. The molecule has 1 aliphatic heterocycles. The molecule has 0 radical (unpaired) electrons. The van der Waals surface area contributed by atoms with Crippen molar-refractivity contribution in [3.8, 4) is 0 Å². The quantitative estimate of drug-likeness (QED) is 0.731. The Morgan fingerprint density at radius 1 is 1.08 bits per heavy atom. The van der Waals surface area contributed by atoms with E-state index < -0.39 is 0 Å². The molecule has 0 aliphatic carbocycles. The highest BCUT2D eigenvalue weighted by Crippen LogP contribution is 2.15. The van der Waals surface area contributed by atoms with E-state index in [4.69, 9.17) is 4.74 Å². The maximum Gasteiger partial charge on any atom is 0.271 e. The summed E-state index contributed by atoms with van der Waals surface area (Å²) in [5.41, 5.74) is 0.302. The summed E-state index contributed by atoms with van der Waals surface area (Å²) >= 11 is 0. The molecule has 0 saturated carbocycles. The fourth-order valence-electron chi connectivity index (χ4n) is 2.55. The molecule has 0 aromatic carbocycles. The van der Waals surface area contributed by atoms with Gasteiger partial charge in [-0.15, -0.1) is 0 Å². The van der Waals surface area contributed by atoms with Gasteiger partial charge in [0.1, 0.15) is 11.5 Å². The molecule has 3 heterocycles. The average Bonchev–Trinajstić information content (AvgIpc) is 2.69. The monoisotopic (exact) mass is 343 g/mol. The van der Waals surface area contributed by atoms with Gasteiger partial charge in [-0.25, -0.2) is 19.9 Å². The number of rotatable bonds is 6. The van der Waals surface area contributed by atoms with E-state index in [0.717, 1.165) is 37.9 Å². The van der Waals surface area contributed by atoms with Crippen molar-refractivity contribution in [1.29, 1.82) is 0 Å². The van der Waals surface area contributed by atoms with Gasteiger partial charge < -0.3 is 19.9 Å². The molecule has 9 nitrogen and oxygen atoms in total. The number of ether oxygens (including phenoxy) is 1. The Labute approximate surface area is 146 Å². The van der Waals surface area contributed by atoms with Gasteiger partial charge in [-0.1, -0.05) is 0 Å². The first-order valence-corrected chi connectivity index (χ1v) is 8.14. The summed E-state index contributed by atoms with van der Waals surface area (Å²) in [4.78, 5) is 33.3. The van der Waals surface area contributed by atoms with Crippen LogP contribution in [0.25, 0.3) is 0 Å². The minimum Gasteiger partial charge on any atom is -0.383 e. The lowest BCUT2D eigenvalue weighted by molar-refractivity contribution is 0.0931. The van der Waals surface area contributed by atoms with E-state index in [9.17, 15) is 4.79 Å². The minimum absolute atomic E-state index is 0.248. The van der Waals surface area contributed by atoms with Crippen LogP contribution >= 0.6 is 0 Å². The third kappa shape index (κ3) is 4.38. The van der Waals surface area contributed by atoms with Crippen LogP contribution in [0.1, 0.15) is 10.5 Å². The van der Waals surface area contributed by atoms with Gasteiger partial charge in [0.25, 0.3) is 5.91 Å². The molecule has 0 unspecified atom stereocenters. The van der Waals surface area contributed by atoms with Crippen molar-refractivity contribution >= 4 is 17.7 Å². The van der Waals surface area contributed by atoms with Crippen LogP contribution in [0.5, 0.6) is 0 Å². The van der Waals surface area contributed by atoms with Crippen LogP contribution in [0.3, 0.4) is 0 Å².